The molecular weight excluding hydrogens is 296 g/mol. The van der Waals surface area contributed by atoms with Crippen molar-refractivity contribution in [3.05, 3.63) is 9.35 Å². The fraction of sp³-hybridized carbons (Fsp3) is 0.444. The van der Waals surface area contributed by atoms with Gasteiger partial charge in [0.1, 0.15) is 9.88 Å². The molecule has 2 rings (SSSR count). The van der Waals surface area contributed by atoms with Crippen LogP contribution in [-0.4, -0.2) is 37.4 Å². The molecule has 0 bridgehead atoms. The van der Waals surface area contributed by atoms with E-state index in [-0.39, 0.29) is 4.88 Å². The predicted octanol–water partition coefficient (Wildman–Crippen LogP) is 1.63. The minimum absolute atomic E-state index is 0.249. The Morgan fingerprint density at radius 2 is 2.12 bits per heavy atom. The Labute approximate surface area is 105 Å². The van der Waals surface area contributed by atoms with Crippen LogP contribution in [0.2, 0.25) is 0 Å². The van der Waals surface area contributed by atoms with Gasteiger partial charge in [0.05, 0.1) is 23.4 Å². The summed E-state index contributed by atoms with van der Waals surface area (Å²) in [5.74, 6) is -0.955. The van der Waals surface area contributed by atoms with E-state index in [2.05, 4.69) is 20.8 Å². The number of thiophene rings is 1. The van der Waals surface area contributed by atoms with E-state index in [1.54, 1.807) is 0 Å². The van der Waals surface area contributed by atoms with Crippen LogP contribution in [0, 0.1) is 0 Å². The summed E-state index contributed by atoms with van der Waals surface area (Å²) in [7, 11) is 0. The van der Waals surface area contributed by atoms with Crippen LogP contribution in [0.25, 0.3) is 0 Å². The zero-order chi connectivity index (χ0) is 11.7. The van der Waals surface area contributed by atoms with E-state index in [0.717, 1.165) is 18.1 Å². The maximum absolute atomic E-state index is 11.0. The van der Waals surface area contributed by atoms with Gasteiger partial charge in [-0.1, -0.05) is 0 Å². The maximum Gasteiger partial charge on any atom is 0.347 e. The Morgan fingerprint density at radius 1 is 1.50 bits per heavy atom. The van der Waals surface area contributed by atoms with E-state index in [1.165, 1.54) is 11.3 Å². The van der Waals surface area contributed by atoms with Gasteiger partial charge in [-0.3, -0.25) is 0 Å². The lowest BCUT2D eigenvalue weighted by atomic mass is 10.3. The summed E-state index contributed by atoms with van der Waals surface area (Å²) in [4.78, 5) is 13.3. The van der Waals surface area contributed by atoms with Crippen LogP contribution < -0.4 is 10.6 Å². The average molecular weight is 307 g/mol. The molecule has 0 radical (unpaired) electrons. The van der Waals surface area contributed by atoms with Gasteiger partial charge in [-0.15, -0.1) is 11.3 Å². The number of rotatable bonds is 2. The number of anilines is 2. The molecule has 1 saturated heterocycles. The van der Waals surface area contributed by atoms with Crippen molar-refractivity contribution in [1.82, 2.24) is 0 Å². The fourth-order valence-corrected chi connectivity index (χ4v) is 3.29. The number of nitrogens with zero attached hydrogens (tertiary/aromatic N) is 1. The zero-order valence-electron chi connectivity index (χ0n) is 8.40. The molecule has 5 nitrogen and oxygen atoms in total. The SMILES string of the molecule is Nc1c(N2CCOCC2)sc(C(=O)O)c1Br. The van der Waals surface area contributed by atoms with Crippen LogP contribution >= 0.6 is 27.3 Å². The molecule has 1 aromatic rings. The first-order chi connectivity index (χ1) is 7.61. The largest absolute Gasteiger partial charge is 0.477 e. The van der Waals surface area contributed by atoms with E-state index in [4.69, 9.17) is 15.6 Å². The fourth-order valence-electron chi connectivity index (χ4n) is 1.55. The van der Waals surface area contributed by atoms with Crippen LogP contribution in [0.5, 0.6) is 0 Å². The number of carboxylic acid groups (broad SMARTS) is 1. The Hall–Kier alpha value is -0.790. The predicted molar refractivity (Wildman–Crippen MR) is 66.4 cm³/mol. The third-order valence-electron chi connectivity index (χ3n) is 2.36. The van der Waals surface area contributed by atoms with Gasteiger partial charge in [-0.05, 0) is 15.9 Å². The average Bonchev–Trinajstić information content (AvgIpc) is 2.58. The molecule has 1 fully saturated rings. The summed E-state index contributed by atoms with van der Waals surface area (Å²) in [5.41, 5.74) is 6.39. The monoisotopic (exact) mass is 306 g/mol. The van der Waals surface area contributed by atoms with Crippen molar-refractivity contribution in [1.29, 1.82) is 0 Å². The van der Waals surface area contributed by atoms with Gasteiger partial charge in [0.2, 0.25) is 0 Å². The van der Waals surface area contributed by atoms with E-state index in [9.17, 15) is 4.79 Å². The number of carbonyl (C=O) groups is 1. The van der Waals surface area contributed by atoms with Crippen molar-refractivity contribution in [3.63, 3.8) is 0 Å². The molecule has 1 aromatic heterocycles. The van der Waals surface area contributed by atoms with Crippen molar-refractivity contribution >= 4 is 43.9 Å². The highest BCUT2D eigenvalue weighted by Crippen LogP contribution is 2.42. The smallest absolute Gasteiger partial charge is 0.347 e. The summed E-state index contributed by atoms with van der Waals surface area (Å²) in [6, 6.07) is 0. The number of hydrogen-bond donors (Lipinski definition) is 2. The second kappa shape index (κ2) is 4.60. The van der Waals surface area contributed by atoms with Crippen LogP contribution in [0.1, 0.15) is 9.67 Å². The first kappa shape index (κ1) is 11.7. The van der Waals surface area contributed by atoms with Gasteiger partial charge in [0.15, 0.2) is 0 Å². The lowest BCUT2D eigenvalue weighted by Gasteiger charge is -2.27. The summed E-state index contributed by atoms with van der Waals surface area (Å²) in [5, 5.41) is 9.80. The van der Waals surface area contributed by atoms with E-state index in [0.29, 0.717) is 23.4 Å². The summed E-state index contributed by atoms with van der Waals surface area (Å²) in [6.45, 7) is 2.79. The molecule has 0 unspecified atom stereocenters. The van der Waals surface area contributed by atoms with Gasteiger partial charge >= 0.3 is 5.97 Å². The van der Waals surface area contributed by atoms with Gasteiger partial charge < -0.3 is 20.5 Å². The highest BCUT2D eigenvalue weighted by molar-refractivity contribution is 9.10. The second-order valence-electron chi connectivity index (χ2n) is 3.37. The van der Waals surface area contributed by atoms with Crippen molar-refractivity contribution in [2.45, 2.75) is 0 Å². The van der Waals surface area contributed by atoms with E-state index >= 15 is 0 Å². The third-order valence-corrected chi connectivity index (χ3v) is 4.70. The number of halogens is 1. The standard InChI is InChI=1S/C9H11BrN2O3S/c10-5-6(11)8(16-7(5)9(13)14)12-1-3-15-4-2-12/h1-4,11H2,(H,13,14). The summed E-state index contributed by atoms with van der Waals surface area (Å²) in [6.07, 6.45) is 0. The van der Waals surface area contributed by atoms with E-state index < -0.39 is 5.97 Å². The highest BCUT2D eigenvalue weighted by Gasteiger charge is 2.23. The molecule has 0 amide bonds. The Morgan fingerprint density at radius 3 is 2.62 bits per heavy atom. The first-order valence-electron chi connectivity index (χ1n) is 4.75. The number of carboxylic acids is 1. The summed E-state index contributed by atoms with van der Waals surface area (Å²) >= 11 is 4.41. The molecule has 1 aliphatic rings. The number of nitrogens with two attached hydrogens (primary N) is 1. The van der Waals surface area contributed by atoms with Crippen molar-refractivity contribution < 1.29 is 14.6 Å². The number of morpholine rings is 1. The number of nitrogen functional groups attached to an aromatic ring is 1. The van der Waals surface area contributed by atoms with Crippen LogP contribution in [-0.2, 0) is 4.74 Å². The van der Waals surface area contributed by atoms with Gasteiger partial charge in [-0.25, -0.2) is 4.79 Å². The quantitative estimate of drug-likeness (QED) is 0.868. The normalized spacial score (nSPS) is 16.4. The van der Waals surface area contributed by atoms with Crippen LogP contribution in [0.4, 0.5) is 10.7 Å². The molecule has 2 heterocycles. The van der Waals surface area contributed by atoms with Gasteiger partial charge in [0, 0.05) is 13.1 Å². The molecule has 0 aromatic carbocycles. The Balaban J connectivity index is 2.33. The molecule has 0 saturated carbocycles. The first-order valence-corrected chi connectivity index (χ1v) is 6.36. The van der Waals surface area contributed by atoms with Crippen LogP contribution in [0.15, 0.2) is 4.47 Å². The second-order valence-corrected chi connectivity index (χ2v) is 5.16. The zero-order valence-corrected chi connectivity index (χ0v) is 10.8. The molecule has 0 aliphatic carbocycles. The maximum atomic E-state index is 11.0. The van der Waals surface area contributed by atoms with E-state index in [1.807, 2.05) is 0 Å². The molecule has 0 atom stereocenters. The minimum Gasteiger partial charge on any atom is -0.477 e. The highest BCUT2D eigenvalue weighted by atomic mass is 79.9. The van der Waals surface area contributed by atoms with Crippen molar-refractivity contribution in [2.75, 3.05) is 36.9 Å². The van der Waals surface area contributed by atoms with Gasteiger partial charge in [-0.2, -0.15) is 0 Å². The van der Waals surface area contributed by atoms with Crippen molar-refractivity contribution in [3.8, 4) is 0 Å². The lowest BCUT2D eigenvalue weighted by molar-refractivity contribution is 0.0701. The molecule has 0 spiro atoms. The molecular formula is C9H11BrN2O3S. The summed E-state index contributed by atoms with van der Waals surface area (Å²) < 4.78 is 5.72. The van der Waals surface area contributed by atoms with Crippen LogP contribution in [0.3, 0.4) is 0 Å². The topological polar surface area (TPSA) is 75.8 Å². The third kappa shape index (κ3) is 2.02. The number of ether oxygens (including phenoxy) is 1. The number of hydrogen-bond acceptors (Lipinski definition) is 5. The Bertz CT molecular complexity index is 415. The number of aromatic carboxylic acids is 1. The molecule has 3 N–H and O–H groups in total. The van der Waals surface area contributed by atoms with Gasteiger partial charge in [0.25, 0.3) is 0 Å². The molecule has 88 valence electrons. The molecule has 1 aliphatic heterocycles. The molecule has 7 heteroatoms. The molecule has 16 heavy (non-hydrogen) atoms. The lowest BCUT2D eigenvalue weighted by Crippen LogP contribution is -2.36. The minimum atomic E-state index is -0.955. The van der Waals surface area contributed by atoms with Crippen molar-refractivity contribution in [2.24, 2.45) is 0 Å². The Kier molecular flexibility index (Phi) is 3.36.